The Morgan fingerprint density at radius 1 is 1.45 bits per heavy atom. The van der Waals surface area contributed by atoms with E-state index in [-0.39, 0.29) is 12.3 Å². The number of methoxy groups -OCH3 is 1. The summed E-state index contributed by atoms with van der Waals surface area (Å²) in [4.78, 5) is 12.2. The summed E-state index contributed by atoms with van der Waals surface area (Å²) in [6.07, 6.45) is 0.189. The van der Waals surface area contributed by atoms with Crippen molar-refractivity contribution >= 4 is 22.4 Å². The standard InChI is InChI=1S/C13H12N4O2S/c1-19-8-11-16-17-13(20-11)15-12(18)10-5-3-2-4-9(10)6-7-14/h2-5H,6,8H2,1H3,(H,15,17,18). The van der Waals surface area contributed by atoms with E-state index in [0.29, 0.717) is 27.9 Å². The van der Waals surface area contributed by atoms with Crippen molar-refractivity contribution in [2.24, 2.45) is 0 Å². The summed E-state index contributed by atoms with van der Waals surface area (Å²) in [6.45, 7) is 0.360. The number of anilines is 1. The van der Waals surface area contributed by atoms with Gasteiger partial charge in [0.15, 0.2) is 0 Å². The van der Waals surface area contributed by atoms with Crippen LogP contribution in [0.5, 0.6) is 0 Å². The number of amides is 1. The third kappa shape index (κ3) is 3.38. The monoisotopic (exact) mass is 288 g/mol. The zero-order valence-electron chi connectivity index (χ0n) is 10.8. The first-order chi connectivity index (χ1) is 9.74. The molecule has 0 radical (unpaired) electrons. The van der Waals surface area contributed by atoms with Gasteiger partial charge in [-0.3, -0.25) is 10.1 Å². The Kier molecular flexibility index (Phi) is 4.76. The second-order valence-electron chi connectivity index (χ2n) is 3.88. The molecule has 1 N–H and O–H groups in total. The minimum atomic E-state index is -0.295. The smallest absolute Gasteiger partial charge is 0.257 e. The van der Waals surface area contributed by atoms with Crippen LogP contribution in [0.4, 0.5) is 5.13 Å². The number of ether oxygens (including phenoxy) is 1. The van der Waals surface area contributed by atoms with Crippen molar-refractivity contribution in [3.63, 3.8) is 0 Å². The largest absolute Gasteiger partial charge is 0.377 e. The SMILES string of the molecule is COCc1nnc(NC(=O)c2ccccc2CC#N)s1. The lowest BCUT2D eigenvalue weighted by atomic mass is 10.0. The molecule has 0 spiro atoms. The quantitative estimate of drug-likeness (QED) is 0.909. The van der Waals surface area contributed by atoms with Gasteiger partial charge in [-0.05, 0) is 11.6 Å². The van der Waals surface area contributed by atoms with Crippen LogP contribution in [0.25, 0.3) is 0 Å². The predicted octanol–water partition coefficient (Wildman–Crippen LogP) is 2.00. The summed E-state index contributed by atoms with van der Waals surface area (Å²) in [5, 5.41) is 20.3. The molecule has 0 unspecified atom stereocenters. The second-order valence-corrected chi connectivity index (χ2v) is 4.94. The van der Waals surface area contributed by atoms with Crippen molar-refractivity contribution in [3.05, 3.63) is 40.4 Å². The molecule has 0 bridgehead atoms. The van der Waals surface area contributed by atoms with Gasteiger partial charge in [0, 0.05) is 12.7 Å². The molecule has 2 rings (SSSR count). The lowest BCUT2D eigenvalue weighted by Gasteiger charge is -2.05. The molecular formula is C13H12N4O2S. The molecule has 1 heterocycles. The molecule has 1 aromatic heterocycles. The van der Waals surface area contributed by atoms with Crippen molar-refractivity contribution in [2.45, 2.75) is 13.0 Å². The van der Waals surface area contributed by atoms with Gasteiger partial charge in [0.05, 0.1) is 12.5 Å². The van der Waals surface area contributed by atoms with E-state index in [0.717, 1.165) is 0 Å². The molecule has 0 aliphatic heterocycles. The van der Waals surface area contributed by atoms with Crippen LogP contribution in [0.2, 0.25) is 0 Å². The molecule has 102 valence electrons. The van der Waals surface area contributed by atoms with Gasteiger partial charge in [0.2, 0.25) is 5.13 Å². The number of rotatable bonds is 5. The number of nitrogens with zero attached hydrogens (tertiary/aromatic N) is 3. The highest BCUT2D eigenvalue weighted by atomic mass is 32.1. The van der Waals surface area contributed by atoms with Crippen molar-refractivity contribution in [2.75, 3.05) is 12.4 Å². The average molecular weight is 288 g/mol. The van der Waals surface area contributed by atoms with Crippen molar-refractivity contribution in [1.29, 1.82) is 5.26 Å². The lowest BCUT2D eigenvalue weighted by molar-refractivity contribution is 0.102. The van der Waals surface area contributed by atoms with E-state index < -0.39 is 0 Å². The summed E-state index contributed by atoms with van der Waals surface area (Å²) in [6, 6.07) is 9.03. The van der Waals surface area contributed by atoms with E-state index in [2.05, 4.69) is 15.5 Å². The molecule has 2 aromatic rings. The Hall–Kier alpha value is -2.30. The molecule has 20 heavy (non-hydrogen) atoms. The third-order valence-electron chi connectivity index (χ3n) is 2.49. The maximum absolute atomic E-state index is 12.2. The van der Waals surface area contributed by atoms with Gasteiger partial charge in [0.25, 0.3) is 5.91 Å². The van der Waals surface area contributed by atoms with Crippen LogP contribution in [0.1, 0.15) is 20.9 Å². The van der Waals surface area contributed by atoms with Crippen LogP contribution >= 0.6 is 11.3 Å². The maximum Gasteiger partial charge on any atom is 0.257 e. The van der Waals surface area contributed by atoms with Crippen molar-refractivity contribution in [1.82, 2.24) is 10.2 Å². The maximum atomic E-state index is 12.2. The first-order valence-electron chi connectivity index (χ1n) is 5.82. The van der Waals surface area contributed by atoms with Gasteiger partial charge in [-0.15, -0.1) is 10.2 Å². The Morgan fingerprint density at radius 3 is 3.00 bits per heavy atom. The van der Waals surface area contributed by atoms with Gasteiger partial charge >= 0.3 is 0 Å². The van der Waals surface area contributed by atoms with E-state index in [4.69, 9.17) is 10.00 Å². The van der Waals surface area contributed by atoms with Gasteiger partial charge < -0.3 is 4.74 Å². The number of benzene rings is 1. The number of nitriles is 1. The number of nitrogens with one attached hydrogen (secondary N) is 1. The van der Waals surface area contributed by atoms with Crippen LogP contribution in [0.3, 0.4) is 0 Å². The first-order valence-corrected chi connectivity index (χ1v) is 6.63. The molecule has 0 atom stereocenters. The molecule has 1 amide bonds. The van der Waals surface area contributed by atoms with E-state index in [1.165, 1.54) is 11.3 Å². The van der Waals surface area contributed by atoms with Crippen LogP contribution in [0, 0.1) is 11.3 Å². The van der Waals surface area contributed by atoms with Crippen molar-refractivity contribution in [3.8, 4) is 6.07 Å². The molecule has 0 aliphatic carbocycles. The van der Waals surface area contributed by atoms with Gasteiger partial charge in [-0.2, -0.15) is 5.26 Å². The number of carbonyl (C=O) groups excluding carboxylic acids is 1. The van der Waals surface area contributed by atoms with Crippen molar-refractivity contribution < 1.29 is 9.53 Å². The van der Waals surface area contributed by atoms with E-state index in [1.54, 1.807) is 31.4 Å². The predicted molar refractivity (Wildman–Crippen MR) is 74.3 cm³/mol. The minimum absolute atomic E-state index is 0.189. The molecule has 0 aliphatic rings. The zero-order valence-corrected chi connectivity index (χ0v) is 11.6. The lowest BCUT2D eigenvalue weighted by Crippen LogP contribution is -2.14. The molecule has 7 heteroatoms. The Balaban J connectivity index is 2.13. The number of carbonyl (C=O) groups is 1. The van der Waals surface area contributed by atoms with E-state index in [1.807, 2.05) is 6.07 Å². The summed E-state index contributed by atoms with van der Waals surface area (Å²) in [7, 11) is 1.57. The van der Waals surface area contributed by atoms with Crippen LogP contribution in [0.15, 0.2) is 24.3 Å². The number of hydrogen-bond acceptors (Lipinski definition) is 6. The molecule has 0 fully saturated rings. The Morgan fingerprint density at radius 2 is 2.25 bits per heavy atom. The zero-order chi connectivity index (χ0) is 14.4. The molecule has 0 saturated carbocycles. The molecule has 1 aromatic carbocycles. The average Bonchev–Trinajstić information content (AvgIpc) is 2.87. The highest BCUT2D eigenvalue weighted by molar-refractivity contribution is 7.15. The third-order valence-corrected chi connectivity index (χ3v) is 3.30. The highest BCUT2D eigenvalue weighted by Crippen LogP contribution is 2.18. The Labute approximate surface area is 120 Å². The fourth-order valence-corrected chi connectivity index (χ4v) is 2.34. The topological polar surface area (TPSA) is 87.9 Å². The fraction of sp³-hybridized carbons (Fsp3) is 0.231. The summed E-state index contributed by atoms with van der Waals surface area (Å²) in [5.74, 6) is -0.295. The summed E-state index contributed by atoms with van der Waals surface area (Å²) >= 11 is 1.26. The second kappa shape index (κ2) is 6.75. The summed E-state index contributed by atoms with van der Waals surface area (Å²) < 4.78 is 4.94. The van der Waals surface area contributed by atoms with Crippen LogP contribution < -0.4 is 5.32 Å². The summed E-state index contributed by atoms with van der Waals surface area (Å²) in [5.41, 5.74) is 1.16. The van der Waals surface area contributed by atoms with Gasteiger partial charge in [0.1, 0.15) is 11.6 Å². The normalized spacial score (nSPS) is 10.0. The van der Waals surface area contributed by atoms with Crippen LogP contribution in [-0.2, 0) is 17.8 Å². The minimum Gasteiger partial charge on any atom is -0.377 e. The molecular weight excluding hydrogens is 276 g/mol. The number of hydrogen-bond donors (Lipinski definition) is 1. The molecule has 6 nitrogen and oxygen atoms in total. The highest BCUT2D eigenvalue weighted by Gasteiger charge is 2.13. The van der Waals surface area contributed by atoms with Gasteiger partial charge in [-0.1, -0.05) is 29.5 Å². The number of aromatic nitrogens is 2. The fourth-order valence-electron chi connectivity index (χ4n) is 1.63. The molecule has 0 saturated heterocycles. The van der Waals surface area contributed by atoms with Crippen LogP contribution in [-0.4, -0.2) is 23.2 Å². The van der Waals surface area contributed by atoms with E-state index in [9.17, 15) is 4.79 Å². The van der Waals surface area contributed by atoms with E-state index >= 15 is 0 Å². The van der Waals surface area contributed by atoms with Gasteiger partial charge in [-0.25, -0.2) is 0 Å². The first kappa shape index (κ1) is 14.1. The Bertz CT molecular complexity index is 648.